The van der Waals surface area contributed by atoms with E-state index in [9.17, 15) is 4.79 Å². The van der Waals surface area contributed by atoms with Crippen LogP contribution in [0.4, 0.5) is 0 Å². The third kappa shape index (κ3) is 3.77. The molecule has 0 aliphatic rings. The van der Waals surface area contributed by atoms with Gasteiger partial charge in [0.2, 0.25) is 0 Å². The number of carbonyl (C=O) groups is 1. The van der Waals surface area contributed by atoms with Crippen LogP contribution < -0.4 is 14.9 Å². The van der Waals surface area contributed by atoms with Crippen molar-refractivity contribution < 1.29 is 14.3 Å². The van der Waals surface area contributed by atoms with E-state index in [4.69, 9.17) is 9.47 Å². The average molecular weight is 334 g/mol. The van der Waals surface area contributed by atoms with Crippen LogP contribution in [-0.2, 0) is 0 Å². The Morgan fingerprint density at radius 2 is 1.64 bits per heavy atom. The molecule has 3 aromatic rings. The monoisotopic (exact) mass is 334 g/mol. The molecule has 3 aromatic carbocycles. The number of hydrogen-bond acceptors (Lipinski definition) is 4. The summed E-state index contributed by atoms with van der Waals surface area (Å²) in [5.74, 6) is 0.949. The topological polar surface area (TPSA) is 59.9 Å². The van der Waals surface area contributed by atoms with E-state index in [0.29, 0.717) is 11.3 Å². The lowest BCUT2D eigenvalue weighted by molar-refractivity contribution is 0.0952. The molecule has 0 bridgehead atoms. The summed E-state index contributed by atoms with van der Waals surface area (Å²) in [5.41, 5.74) is 3.83. The molecule has 5 nitrogen and oxygen atoms in total. The summed E-state index contributed by atoms with van der Waals surface area (Å²) in [6, 6.07) is 18.8. The summed E-state index contributed by atoms with van der Waals surface area (Å²) >= 11 is 0. The Hall–Kier alpha value is -3.34. The molecule has 1 N–H and O–H groups in total. The molecule has 0 saturated carbocycles. The summed E-state index contributed by atoms with van der Waals surface area (Å²) in [5, 5.41) is 5.99. The first kappa shape index (κ1) is 16.5. The molecule has 0 unspecified atom stereocenters. The van der Waals surface area contributed by atoms with Gasteiger partial charge in [0.25, 0.3) is 5.91 Å². The zero-order chi connectivity index (χ0) is 17.6. The minimum atomic E-state index is -0.327. The fourth-order valence-electron chi connectivity index (χ4n) is 2.48. The maximum Gasteiger partial charge on any atom is 0.275 e. The number of carbonyl (C=O) groups excluding carboxylic acids is 1. The lowest BCUT2D eigenvalue weighted by Gasteiger charge is -2.09. The number of nitrogens with zero attached hydrogens (tertiary/aromatic N) is 1. The van der Waals surface area contributed by atoms with Crippen LogP contribution >= 0.6 is 0 Å². The zero-order valence-corrected chi connectivity index (χ0v) is 14.0. The number of nitrogens with one attached hydrogen (secondary N) is 1. The van der Waals surface area contributed by atoms with Crippen LogP contribution in [0.3, 0.4) is 0 Å². The summed E-state index contributed by atoms with van der Waals surface area (Å²) in [7, 11) is 3.15. The standard InChI is InChI=1S/C20H18N2O3/c1-24-17-9-7-14(8-10-17)13-21-22-20(23)18-11-15-5-3-4-6-16(15)12-19(18)25-2/h3-13H,1-2H3,(H,22,23)/b21-13+. The van der Waals surface area contributed by atoms with Gasteiger partial charge in [-0.25, -0.2) is 5.43 Å². The van der Waals surface area contributed by atoms with E-state index in [1.807, 2.05) is 54.6 Å². The summed E-state index contributed by atoms with van der Waals surface area (Å²) in [6.07, 6.45) is 1.57. The highest BCUT2D eigenvalue weighted by atomic mass is 16.5. The van der Waals surface area contributed by atoms with Gasteiger partial charge in [-0.15, -0.1) is 0 Å². The second-order valence-electron chi connectivity index (χ2n) is 5.37. The van der Waals surface area contributed by atoms with Gasteiger partial charge in [0.15, 0.2) is 0 Å². The highest BCUT2D eigenvalue weighted by Crippen LogP contribution is 2.25. The largest absolute Gasteiger partial charge is 0.497 e. The first-order chi connectivity index (χ1) is 12.2. The first-order valence-electron chi connectivity index (χ1n) is 7.75. The molecule has 0 fully saturated rings. The van der Waals surface area contributed by atoms with E-state index in [-0.39, 0.29) is 5.91 Å². The smallest absolute Gasteiger partial charge is 0.275 e. The molecule has 0 aliphatic heterocycles. The van der Waals surface area contributed by atoms with Crippen molar-refractivity contribution in [2.75, 3.05) is 14.2 Å². The van der Waals surface area contributed by atoms with Gasteiger partial charge in [0, 0.05) is 0 Å². The van der Waals surface area contributed by atoms with Crippen molar-refractivity contribution in [3.05, 3.63) is 71.8 Å². The van der Waals surface area contributed by atoms with Crippen molar-refractivity contribution in [1.82, 2.24) is 5.43 Å². The molecular weight excluding hydrogens is 316 g/mol. The number of hydrazone groups is 1. The minimum absolute atomic E-state index is 0.327. The molecule has 0 spiro atoms. The van der Waals surface area contributed by atoms with Gasteiger partial charge < -0.3 is 9.47 Å². The molecule has 0 aliphatic carbocycles. The van der Waals surface area contributed by atoms with Gasteiger partial charge in [-0.05, 0) is 52.7 Å². The van der Waals surface area contributed by atoms with E-state index in [1.54, 1.807) is 26.5 Å². The number of ether oxygens (including phenoxy) is 2. The Labute approximate surface area is 145 Å². The molecular formula is C20H18N2O3. The highest BCUT2D eigenvalue weighted by Gasteiger charge is 2.13. The molecule has 0 heterocycles. The normalized spacial score (nSPS) is 10.8. The van der Waals surface area contributed by atoms with Crippen molar-refractivity contribution in [3.63, 3.8) is 0 Å². The number of fused-ring (bicyclic) bond motifs is 1. The predicted octanol–water partition coefficient (Wildman–Crippen LogP) is 3.62. The Balaban J connectivity index is 1.78. The number of benzene rings is 3. The molecule has 126 valence electrons. The van der Waals surface area contributed by atoms with Crippen LogP contribution in [-0.4, -0.2) is 26.3 Å². The molecule has 0 radical (unpaired) electrons. The Morgan fingerprint density at radius 3 is 2.28 bits per heavy atom. The van der Waals surface area contributed by atoms with Crippen LogP contribution in [0, 0.1) is 0 Å². The lowest BCUT2D eigenvalue weighted by atomic mass is 10.1. The molecule has 3 rings (SSSR count). The predicted molar refractivity (Wildman–Crippen MR) is 98.6 cm³/mol. The van der Waals surface area contributed by atoms with E-state index in [2.05, 4.69) is 10.5 Å². The molecule has 25 heavy (non-hydrogen) atoms. The maximum atomic E-state index is 12.4. The number of hydrogen-bond donors (Lipinski definition) is 1. The Kier molecular flexibility index (Phi) is 4.95. The first-order valence-corrected chi connectivity index (χ1v) is 7.75. The number of methoxy groups -OCH3 is 2. The quantitative estimate of drug-likeness (QED) is 0.573. The van der Waals surface area contributed by atoms with Crippen LogP contribution in [0.5, 0.6) is 11.5 Å². The fraction of sp³-hybridized carbons (Fsp3) is 0.100. The van der Waals surface area contributed by atoms with Crippen molar-refractivity contribution >= 4 is 22.9 Å². The summed E-state index contributed by atoms with van der Waals surface area (Å²) in [4.78, 5) is 12.4. The van der Waals surface area contributed by atoms with Gasteiger partial charge >= 0.3 is 0 Å². The lowest BCUT2D eigenvalue weighted by Crippen LogP contribution is -2.18. The Morgan fingerprint density at radius 1 is 0.960 bits per heavy atom. The van der Waals surface area contributed by atoms with Gasteiger partial charge in [0.05, 0.1) is 26.0 Å². The van der Waals surface area contributed by atoms with Crippen molar-refractivity contribution in [2.45, 2.75) is 0 Å². The van der Waals surface area contributed by atoms with Crippen molar-refractivity contribution in [1.29, 1.82) is 0 Å². The van der Waals surface area contributed by atoms with Crippen molar-refractivity contribution in [3.8, 4) is 11.5 Å². The average Bonchev–Trinajstić information content (AvgIpc) is 2.67. The van der Waals surface area contributed by atoms with E-state index < -0.39 is 0 Å². The fourth-order valence-corrected chi connectivity index (χ4v) is 2.48. The number of amides is 1. The van der Waals surface area contributed by atoms with Gasteiger partial charge in [-0.3, -0.25) is 4.79 Å². The molecule has 0 saturated heterocycles. The van der Waals surface area contributed by atoms with Gasteiger partial charge in [-0.1, -0.05) is 24.3 Å². The molecule has 0 aromatic heterocycles. The second kappa shape index (κ2) is 7.49. The molecule has 1 amide bonds. The number of rotatable bonds is 5. The molecule has 0 atom stereocenters. The SMILES string of the molecule is COc1ccc(/C=N/NC(=O)c2cc3ccccc3cc2OC)cc1. The van der Waals surface area contributed by atoms with E-state index >= 15 is 0 Å². The van der Waals surface area contributed by atoms with E-state index in [0.717, 1.165) is 22.1 Å². The van der Waals surface area contributed by atoms with Gasteiger partial charge in [-0.2, -0.15) is 5.10 Å². The van der Waals surface area contributed by atoms with Crippen molar-refractivity contribution in [2.24, 2.45) is 5.10 Å². The molecule has 5 heteroatoms. The minimum Gasteiger partial charge on any atom is -0.497 e. The highest BCUT2D eigenvalue weighted by molar-refractivity contribution is 6.01. The summed E-state index contributed by atoms with van der Waals surface area (Å²) < 4.78 is 10.4. The second-order valence-corrected chi connectivity index (χ2v) is 5.37. The summed E-state index contributed by atoms with van der Waals surface area (Å²) in [6.45, 7) is 0. The van der Waals surface area contributed by atoms with Crippen LogP contribution in [0.1, 0.15) is 15.9 Å². The van der Waals surface area contributed by atoms with Crippen LogP contribution in [0.2, 0.25) is 0 Å². The Bertz CT molecular complexity index is 918. The van der Waals surface area contributed by atoms with Crippen LogP contribution in [0.25, 0.3) is 10.8 Å². The third-order valence-corrected chi connectivity index (χ3v) is 3.81. The van der Waals surface area contributed by atoms with Gasteiger partial charge in [0.1, 0.15) is 11.5 Å². The maximum absolute atomic E-state index is 12.4. The third-order valence-electron chi connectivity index (χ3n) is 3.81. The van der Waals surface area contributed by atoms with E-state index in [1.165, 1.54) is 0 Å². The zero-order valence-electron chi connectivity index (χ0n) is 14.0. The van der Waals surface area contributed by atoms with Crippen LogP contribution in [0.15, 0.2) is 65.8 Å².